The van der Waals surface area contributed by atoms with Crippen LogP contribution in [0, 0.1) is 5.92 Å². The van der Waals surface area contributed by atoms with Crippen molar-refractivity contribution in [3.63, 3.8) is 0 Å². The normalized spacial score (nSPS) is 23.3. The molecule has 1 aromatic rings. The minimum Gasteiger partial charge on any atom is -0.158 e. The van der Waals surface area contributed by atoms with Gasteiger partial charge in [0.1, 0.15) is 0 Å². The predicted molar refractivity (Wildman–Crippen MR) is 67.8 cm³/mol. The lowest BCUT2D eigenvalue weighted by Gasteiger charge is -2.31. The van der Waals surface area contributed by atoms with E-state index in [2.05, 4.69) is 52.7 Å². The summed E-state index contributed by atoms with van der Waals surface area (Å²) in [5.41, 5.74) is 6.42. The molecule has 0 saturated carbocycles. The Morgan fingerprint density at radius 2 is 1.71 bits per heavy atom. The van der Waals surface area contributed by atoms with Crippen molar-refractivity contribution >= 4 is 11.6 Å². The van der Waals surface area contributed by atoms with Crippen molar-refractivity contribution in [3.05, 3.63) is 71.1 Å². The van der Waals surface area contributed by atoms with Crippen molar-refractivity contribution < 1.29 is 0 Å². The molecule has 0 bridgehead atoms. The smallest absolute Gasteiger partial charge is 0.0577 e. The van der Waals surface area contributed by atoms with Crippen LogP contribution in [0.25, 0.3) is 11.6 Å². The van der Waals surface area contributed by atoms with Gasteiger partial charge in [-0.15, -0.1) is 0 Å². The molecule has 0 saturated heterocycles. The summed E-state index contributed by atoms with van der Waals surface area (Å²) >= 11 is 0. The molecule has 0 aliphatic heterocycles. The second kappa shape index (κ2) is 3.14. The summed E-state index contributed by atoms with van der Waals surface area (Å²) in [6.45, 7) is 0. The van der Waals surface area contributed by atoms with E-state index in [1.165, 1.54) is 27.8 Å². The summed E-state index contributed by atoms with van der Waals surface area (Å²) < 4.78 is 0. The highest BCUT2D eigenvalue weighted by Gasteiger charge is 2.29. The highest BCUT2D eigenvalue weighted by molar-refractivity contribution is 5.88. The maximum absolute atomic E-state index is 4.00. The Morgan fingerprint density at radius 3 is 2.71 bits per heavy atom. The van der Waals surface area contributed by atoms with Gasteiger partial charge in [-0.25, -0.2) is 0 Å². The number of hydrogen-bond acceptors (Lipinski definition) is 2. The quantitative estimate of drug-likeness (QED) is 0.669. The standard InChI is InChI=1S/C15H10N2/c1-3-10-4-2-6-13-14-9-17-16-8-12(14)7-11(5-1)15(10)13/h1-9,15H. The van der Waals surface area contributed by atoms with E-state index in [4.69, 9.17) is 0 Å². The van der Waals surface area contributed by atoms with Gasteiger partial charge < -0.3 is 0 Å². The highest BCUT2D eigenvalue weighted by atomic mass is 15.1. The van der Waals surface area contributed by atoms with Crippen LogP contribution in [-0.2, 0) is 0 Å². The molecule has 17 heavy (non-hydrogen) atoms. The minimum absolute atomic E-state index is 0.390. The van der Waals surface area contributed by atoms with Crippen LogP contribution >= 0.6 is 0 Å². The Bertz CT molecular complexity index is 657. The van der Waals surface area contributed by atoms with Crippen molar-refractivity contribution in [2.24, 2.45) is 5.92 Å². The van der Waals surface area contributed by atoms with Crippen LogP contribution in [0.15, 0.2) is 60.0 Å². The lowest BCUT2D eigenvalue weighted by molar-refractivity contribution is 0.933. The van der Waals surface area contributed by atoms with Crippen molar-refractivity contribution in [1.29, 1.82) is 0 Å². The number of rotatable bonds is 0. The average molecular weight is 218 g/mol. The van der Waals surface area contributed by atoms with Crippen LogP contribution in [0.2, 0.25) is 0 Å². The molecule has 1 unspecified atom stereocenters. The van der Waals surface area contributed by atoms with Crippen molar-refractivity contribution in [2.45, 2.75) is 0 Å². The van der Waals surface area contributed by atoms with Gasteiger partial charge in [0.15, 0.2) is 0 Å². The van der Waals surface area contributed by atoms with E-state index in [1.807, 2.05) is 12.4 Å². The second-order valence-corrected chi connectivity index (χ2v) is 4.44. The summed E-state index contributed by atoms with van der Waals surface area (Å²) in [4.78, 5) is 0. The van der Waals surface area contributed by atoms with Crippen LogP contribution in [-0.4, -0.2) is 10.2 Å². The fraction of sp³-hybridized carbons (Fsp3) is 0.0667. The predicted octanol–water partition coefficient (Wildman–Crippen LogP) is 2.94. The highest BCUT2D eigenvalue weighted by Crippen LogP contribution is 2.45. The first-order valence-corrected chi connectivity index (χ1v) is 5.73. The molecule has 0 aromatic carbocycles. The van der Waals surface area contributed by atoms with Crippen LogP contribution in [0.4, 0.5) is 0 Å². The van der Waals surface area contributed by atoms with Gasteiger partial charge in [0.05, 0.1) is 12.4 Å². The molecule has 3 aliphatic rings. The topological polar surface area (TPSA) is 25.8 Å². The maximum Gasteiger partial charge on any atom is 0.0577 e. The molecule has 0 fully saturated rings. The summed E-state index contributed by atoms with van der Waals surface area (Å²) in [6, 6.07) is 0. The van der Waals surface area contributed by atoms with Crippen molar-refractivity contribution in [3.8, 4) is 0 Å². The van der Waals surface area contributed by atoms with E-state index in [1.54, 1.807) is 0 Å². The van der Waals surface area contributed by atoms with Crippen molar-refractivity contribution in [1.82, 2.24) is 10.2 Å². The number of nitrogens with zero attached hydrogens (tertiary/aromatic N) is 2. The lowest BCUT2D eigenvalue weighted by Crippen LogP contribution is -2.17. The van der Waals surface area contributed by atoms with E-state index >= 15 is 0 Å². The number of allylic oxidation sites excluding steroid dienone is 9. The molecular weight excluding hydrogens is 208 g/mol. The van der Waals surface area contributed by atoms with Gasteiger partial charge in [-0.3, -0.25) is 0 Å². The second-order valence-electron chi connectivity index (χ2n) is 4.44. The molecule has 0 N–H and O–H groups in total. The summed E-state index contributed by atoms with van der Waals surface area (Å²) in [7, 11) is 0. The van der Waals surface area contributed by atoms with Gasteiger partial charge in [0, 0.05) is 17.0 Å². The number of fused-ring (bicyclic) bond motifs is 2. The molecule has 4 rings (SSSR count). The van der Waals surface area contributed by atoms with Crippen LogP contribution in [0.5, 0.6) is 0 Å². The molecule has 2 nitrogen and oxygen atoms in total. The third-order valence-electron chi connectivity index (χ3n) is 3.51. The van der Waals surface area contributed by atoms with E-state index in [-0.39, 0.29) is 0 Å². The Morgan fingerprint density at radius 1 is 0.882 bits per heavy atom. The van der Waals surface area contributed by atoms with Gasteiger partial charge in [0.25, 0.3) is 0 Å². The molecule has 0 amide bonds. The van der Waals surface area contributed by atoms with Gasteiger partial charge in [0.2, 0.25) is 0 Å². The summed E-state index contributed by atoms with van der Waals surface area (Å²) in [5.74, 6) is 0.390. The zero-order valence-electron chi connectivity index (χ0n) is 9.17. The fourth-order valence-electron chi connectivity index (χ4n) is 2.77. The molecule has 3 aliphatic carbocycles. The largest absolute Gasteiger partial charge is 0.158 e. The Labute approximate surface area is 99.4 Å². The third kappa shape index (κ3) is 1.15. The molecule has 2 heteroatoms. The van der Waals surface area contributed by atoms with E-state index in [9.17, 15) is 0 Å². The Hall–Kier alpha value is -2.22. The molecule has 80 valence electrons. The molecule has 0 radical (unpaired) electrons. The average Bonchev–Trinajstić information content (AvgIpc) is 2.39. The van der Waals surface area contributed by atoms with Crippen molar-refractivity contribution in [2.75, 3.05) is 0 Å². The van der Waals surface area contributed by atoms with Crippen LogP contribution in [0.1, 0.15) is 11.1 Å². The third-order valence-corrected chi connectivity index (χ3v) is 3.51. The summed E-state index contributed by atoms with van der Waals surface area (Å²) in [6.07, 6.45) is 18.9. The van der Waals surface area contributed by atoms with Crippen LogP contribution in [0.3, 0.4) is 0 Å². The SMILES string of the molecule is C1=CC2=CC=CC3=Cc4cnncc4C(=C1)C23. The first-order valence-electron chi connectivity index (χ1n) is 5.73. The van der Waals surface area contributed by atoms with E-state index in [0.717, 1.165) is 0 Å². The summed E-state index contributed by atoms with van der Waals surface area (Å²) in [5, 5.41) is 7.96. The fourth-order valence-corrected chi connectivity index (χ4v) is 2.77. The Kier molecular flexibility index (Phi) is 1.64. The molecule has 1 aromatic heterocycles. The van der Waals surface area contributed by atoms with Crippen LogP contribution < -0.4 is 0 Å². The van der Waals surface area contributed by atoms with Gasteiger partial charge in [-0.1, -0.05) is 36.5 Å². The first kappa shape index (κ1) is 8.88. The Balaban J connectivity index is 2.06. The molecular formula is C15H10N2. The minimum atomic E-state index is 0.390. The number of aromatic nitrogens is 2. The lowest BCUT2D eigenvalue weighted by atomic mass is 9.72. The molecule has 1 heterocycles. The molecule has 0 spiro atoms. The van der Waals surface area contributed by atoms with Gasteiger partial charge in [-0.2, -0.15) is 10.2 Å². The number of hydrogen-bond donors (Lipinski definition) is 0. The van der Waals surface area contributed by atoms with E-state index in [0.29, 0.717) is 5.92 Å². The molecule has 1 atom stereocenters. The van der Waals surface area contributed by atoms with Gasteiger partial charge in [-0.05, 0) is 22.8 Å². The van der Waals surface area contributed by atoms with E-state index < -0.39 is 0 Å². The zero-order chi connectivity index (χ0) is 11.2. The zero-order valence-corrected chi connectivity index (χ0v) is 9.17. The van der Waals surface area contributed by atoms with Gasteiger partial charge >= 0.3 is 0 Å². The monoisotopic (exact) mass is 218 g/mol. The maximum atomic E-state index is 4.00. The first-order chi connectivity index (χ1) is 8.43.